The summed E-state index contributed by atoms with van der Waals surface area (Å²) in [6, 6.07) is 5.78. The van der Waals surface area contributed by atoms with Crippen molar-refractivity contribution in [1.29, 1.82) is 0 Å². The zero-order valence-electron chi connectivity index (χ0n) is 13.3. The van der Waals surface area contributed by atoms with Crippen LogP contribution in [0.15, 0.2) is 29.2 Å². The Morgan fingerprint density at radius 1 is 1.26 bits per heavy atom. The summed E-state index contributed by atoms with van der Waals surface area (Å²) in [5, 5.41) is 2.55. The molecule has 1 fully saturated rings. The fraction of sp³-hybridized carbons (Fsp3) is 0.467. The maximum Gasteiger partial charge on any atom is 0.309 e. The zero-order valence-corrected chi connectivity index (χ0v) is 14.1. The molecule has 0 heterocycles. The second-order valence-electron chi connectivity index (χ2n) is 5.79. The maximum absolute atomic E-state index is 11.9. The Morgan fingerprint density at radius 2 is 1.83 bits per heavy atom. The van der Waals surface area contributed by atoms with Crippen LogP contribution in [0.1, 0.15) is 13.3 Å². The maximum atomic E-state index is 11.9. The molecule has 1 aromatic carbocycles. The average molecular weight is 340 g/mol. The van der Waals surface area contributed by atoms with Crippen molar-refractivity contribution < 1.29 is 22.7 Å². The number of nitrogens with one attached hydrogen (secondary N) is 1. The van der Waals surface area contributed by atoms with Crippen LogP contribution in [0, 0.1) is 11.8 Å². The Morgan fingerprint density at radius 3 is 2.30 bits per heavy atom. The van der Waals surface area contributed by atoms with Crippen molar-refractivity contribution in [3.8, 4) is 0 Å². The topological polar surface area (TPSA) is 92.8 Å². The second-order valence-corrected chi connectivity index (χ2v) is 7.94. The molecule has 2 rings (SSSR count). The highest BCUT2D eigenvalue weighted by molar-refractivity contribution is 7.89. The van der Waals surface area contributed by atoms with E-state index in [0.717, 1.165) is 10.7 Å². The van der Waals surface area contributed by atoms with Crippen LogP contribution in [0.25, 0.3) is 0 Å². The first kappa shape index (κ1) is 17.4. The fourth-order valence-corrected chi connectivity index (χ4v) is 2.91. The molecule has 0 aromatic heterocycles. The van der Waals surface area contributed by atoms with Gasteiger partial charge in [0.15, 0.2) is 6.61 Å². The van der Waals surface area contributed by atoms with E-state index in [1.165, 1.54) is 38.4 Å². The second kappa shape index (κ2) is 6.67. The van der Waals surface area contributed by atoms with Crippen LogP contribution in [0.3, 0.4) is 0 Å². The van der Waals surface area contributed by atoms with Gasteiger partial charge in [-0.25, -0.2) is 12.7 Å². The van der Waals surface area contributed by atoms with E-state index in [0.29, 0.717) is 11.6 Å². The average Bonchev–Trinajstić information content (AvgIpc) is 3.22. The fourth-order valence-electron chi connectivity index (χ4n) is 2.01. The summed E-state index contributed by atoms with van der Waals surface area (Å²) in [5.41, 5.74) is 0.434. The number of amides is 1. The first-order valence-electron chi connectivity index (χ1n) is 7.21. The smallest absolute Gasteiger partial charge is 0.309 e. The predicted octanol–water partition coefficient (Wildman–Crippen LogP) is 1.07. The van der Waals surface area contributed by atoms with E-state index in [9.17, 15) is 18.0 Å². The quantitative estimate of drug-likeness (QED) is 0.782. The van der Waals surface area contributed by atoms with E-state index in [2.05, 4.69) is 5.32 Å². The van der Waals surface area contributed by atoms with Gasteiger partial charge in [-0.15, -0.1) is 0 Å². The van der Waals surface area contributed by atoms with Gasteiger partial charge in [-0.2, -0.15) is 0 Å². The lowest BCUT2D eigenvalue weighted by Gasteiger charge is -2.12. The number of carbonyl (C=O) groups excluding carboxylic acids is 2. The van der Waals surface area contributed by atoms with Crippen LogP contribution >= 0.6 is 0 Å². The van der Waals surface area contributed by atoms with Gasteiger partial charge in [-0.3, -0.25) is 9.59 Å². The third kappa shape index (κ3) is 4.29. The summed E-state index contributed by atoms with van der Waals surface area (Å²) in [6.45, 7) is 1.61. The van der Waals surface area contributed by atoms with Gasteiger partial charge in [0.25, 0.3) is 5.91 Å². The SMILES string of the molecule is C[C@@H]1C[C@@H]1C(=O)OCC(=O)Nc1ccc(S(=O)(=O)N(C)C)cc1. The molecule has 0 spiro atoms. The highest BCUT2D eigenvalue weighted by Gasteiger charge is 2.40. The van der Waals surface area contributed by atoms with Gasteiger partial charge < -0.3 is 10.1 Å². The molecule has 1 aliphatic carbocycles. The molecule has 23 heavy (non-hydrogen) atoms. The van der Waals surface area contributed by atoms with E-state index in [1.807, 2.05) is 6.92 Å². The predicted molar refractivity (Wildman–Crippen MR) is 84.2 cm³/mol. The summed E-state index contributed by atoms with van der Waals surface area (Å²) in [4.78, 5) is 23.4. The Kier molecular flexibility index (Phi) is 5.06. The monoisotopic (exact) mass is 340 g/mol. The van der Waals surface area contributed by atoms with E-state index in [4.69, 9.17) is 4.74 Å². The zero-order chi connectivity index (χ0) is 17.2. The third-order valence-corrected chi connectivity index (χ3v) is 5.50. The van der Waals surface area contributed by atoms with Crippen LogP contribution in [0.4, 0.5) is 5.69 Å². The Labute approximate surface area is 135 Å². The van der Waals surface area contributed by atoms with Crippen molar-refractivity contribution in [2.24, 2.45) is 11.8 Å². The van der Waals surface area contributed by atoms with Crippen LogP contribution in [-0.2, 0) is 24.3 Å². The van der Waals surface area contributed by atoms with E-state index in [1.54, 1.807) is 0 Å². The summed E-state index contributed by atoms with van der Waals surface area (Å²) < 4.78 is 29.9. The molecule has 1 amide bonds. The van der Waals surface area contributed by atoms with Gasteiger partial charge in [0, 0.05) is 19.8 Å². The summed E-state index contributed by atoms with van der Waals surface area (Å²) in [5.74, 6) is -0.565. The van der Waals surface area contributed by atoms with Crippen LogP contribution < -0.4 is 5.32 Å². The van der Waals surface area contributed by atoms with Gasteiger partial charge in [0.05, 0.1) is 10.8 Å². The minimum atomic E-state index is -3.50. The molecular formula is C15H20N2O5S. The lowest BCUT2D eigenvalue weighted by atomic mass is 10.3. The molecular weight excluding hydrogens is 320 g/mol. The highest BCUT2D eigenvalue weighted by atomic mass is 32.2. The number of hydrogen-bond acceptors (Lipinski definition) is 5. The van der Waals surface area contributed by atoms with E-state index >= 15 is 0 Å². The van der Waals surface area contributed by atoms with E-state index in [-0.39, 0.29) is 23.4 Å². The van der Waals surface area contributed by atoms with Gasteiger partial charge in [0.1, 0.15) is 0 Å². The summed E-state index contributed by atoms with van der Waals surface area (Å²) in [6.07, 6.45) is 0.808. The third-order valence-electron chi connectivity index (χ3n) is 3.67. The molecule has 8 heteroatoms. The Bertz CT molecular complexity index is 697. The number of sulfonamides is 1. The molecule has 126 valence electrons. The standard InChI is InChI=1S/C15H20N2O5S/c1-10-8-13(10)15(19)22-9-14(18)16-11-4-6-12(7-5-11)23(20,21)17(2)3/h4-7,10,13H,8-9H2,1-3H3,(H,16,18)/t10-,13+/m1/s1. The van der Waals surface area contributed by atoms with Crippen molar-refractivity contribution in [3.05, 3.63) is 24.3 Å². The Balaban J connectivity index is 1.88. The first-order chi connectivity index (χ1) is 10.7. The number of nitrogens with zero attached hydrogens (tertiary/aromatic N) is 1. The lowest BCUT2D eigenvalue weighted by Crippen LogP contribution is -2.23. The molecule has 0 radical (unpaired) electrons. The minimum Gasteiger partial charge on any atom is -0.455 e. The van der Waals surface area contributed by atoms with Crippen molar-refractivity contribution >= 4 is 27.6 Å². The summed E-state index contributed by atoms with van der Waals surface area (Å²) >= 11 is 0. The molecule has 0 saturated heterocycles. The lowest BCUT2D eigenvalue weighted by molar-refractivity contribution is -0.148. The van der Waals surface area contributed by atoms with Crippen molar-refractivity contribution in [2.75, 3.05) is 26.0 Å². The van der Waals surface area contributed by atoms with Crippen molar-refractivity contribution in [3.63, 3.8) is 0 Å². The molecule has 2 atom stereocenters. The molecule has 1 saturated carbocycles. The number of anilines is 1. The van der Waals surface area contributed by atoms with Gasteiger partial charge in [-0.1, -0.05) is 6.92 Å². The summed E-state index contributed by atoms with van der Waals surface area (Å²) in [7, 11) is -0.611. The number of hydrogen-bond donors (Lipinski definition) is 1. The number of ether oxygens (including phenoxy) is 1. The van der Waals surface area contributed by atoms with Gasteiger partial charge >= 0.3 is 5.97 Å². The molecule has 1 N–H and O–H groups in total. The number of benzene rings is 1. The van der Waals surface area contributed by atoms with Crippen LogP contribution in [0.2, 0.25) is 0 Å². The first-order valence-corrected chi connectivity index (χ1v) is 8.65. The van der Waals surface area contributed by atoms with Crippen molar-refractivity contribution in [2.45, 2.75) is 18.2 Å². The Hall–Kier alpha value is -1.93. The molecule has 7 nitrogen and oxygen atoms in total. The van der Waals surface area contributed by atoms with Crippen LogP contribution in [-0.4, -0.2) is 45.3 Å². The molecule has 0 bridgehead atoms. The minimum absolute atomic E-state index is 0.0849. The highest BCUT2D eigenvalue weighted by Crippen LogP contribution is 2.38. The number of esters is 1. The molecule has 0 aliphatic heterocycles. The van der Waals surface area contributed by atoms with Crippen molar-refractivity contribution in [1.82, 2.24) is 4.31 Å². The number of rotatable bonds is 6. The number of carbonyl (C=O) groups is 2. The normalized spacial score (nSPS) is 20.2. The molecule has 1 aliphatic rings. The van der Waals surface area contributed by atoms with Gasteiger partial charge in [0.2, 0.25) is 10.0 Å². The largest absolute Gasteiger partial charge is 0.455 e. The van der Waals surface area contributed by atoms with Crippen LogP contribution in [0.5, 0.6) is 0 Å². The molecule has 1 aromatic rings. The van der Waals surface area contributed by atoms with E-state index < -0.39 is 15.9 Å². The molecule has 0 unspecified atom stereocenters. The van der Waals surface area contributed by atoms with Gasteiger partial charge in [-0.05, 0) is 36.6 Å².